The smallest absolute Gasteiger partial charge is 0.306 e. The first kappa shape index (κ1) is 62.8. The summed E-state index contributed by atoms with van der Waals surface area (Å²) in [6.07, 6.45) is 64.5. The molecule has 0 spiro atoms. The van der Waals surface area contributed by atoms with Crippen molar-refractivity contribution in [2.75, 3.05) is 6.61 Å². The number of hydrogen-bond donors (Lipinski definition) is 3. The van der Waals surface area contributed by atoms with E-state index in [9.17, 15) is 19.8 Å². The predicted octanol–water partition coefficient (Wildman–Crippen LogP) is 17.4. The highest BCUT2D eigenvalue weighted by molar-refractivity contribution is 5.77. The van der Waals surface area contributed by atoms with Gasteiger partial charge in [-0.25, -0.2) is 0 Å². The second kappa shape index (κ2) is 52.8. The Morgan fingerprint density at radius 3 is 1.23 bits per heavy atom. The standard InChI is InChI=1S/C59H109NO5/c1-4-7-10-13-16-19-22-25-27-28-29-31-34-37-40-43-46-49-52-59(64)65-55(50-47-44-41-38-35-32-24-21-18-15-12-9-6-3)53-58(63)60-56(54-61)57(62)51-48-45-42-39-36-33-30-26-23-20-17-14-11-8-5-2/h21-22,24-25,27-29,31,55-57,61-62H,4-20,23,26,30,32-54H2,1-3H3,(H,60,63)/b24-21-,25-22+,28-27+,31-29+. The zero-order valence-electron chi connectivity index (χ0n) is 43.4. The SMILES string of the molecule is CCCCCC/C=C\CCCCCCCC(CC(=O)NC(CO)C(O)CCCCCCCCCCCCCCCCC)OC(=O)CCCCCCC/C=C/C=C/C=C/CCCCCCC. The Hall–Kier alpha value is -2.18. The molecule has 0 heterocycles. The van der Waals surface area contributed by atoms with Crippen LogP contribution in [-0.2, 0) is 14.3 Å². The normalized spacial score (nSPS) is 13.5. The van der Waals surface area contributed by atoms with Gasteiger partial charge >= 0.3 is 5.97 Å². The molecule has 1 amide bonds. The predicted molar refractivity (Wildman–Crippen MR) is 282 cm³/mol. The van der Waals surface area contributed by atoms with Gasteiger partial charge in [-0.05, 0) is 77.0 Å². The van der Waals surface area contributed by atoms with E-state index in [1.54, 1.807) is 0 Å². The van der Waals surface area contributed by atoms with E-state index in [0.717, 1.165) is 83.5 Å². The van der Waals surface area contributed by atoms with Crippen molar-refractivity contribution < 1.29 is 24.5 Å². The van der Waals surface area contributed by atoms with Crippen LogP contribution in [0.15, 0.2) is 48.6 Å². The Morgan fingerprint density at radius 1 is 0.446 bits per heavy atom. The molecule has 0 aliphatic heterocycles. The molecule has 3 atom stereocenters. The lowest BCUT2D eigenvalue weighted by Crippen LogP contribution is -2.46. The number of unbranched alkanes of at least 4 members (excludes halogenated alkanes) is 33. The molecule has 0 saturated heterocycles. The van der Waals surface area contributed by atoms with Crippen molar-refractivity contribution in [2.45, 2.75) is 309 Å². The Labute approximate surface area is 404 Å². The highest BCUT2D eigenvalue weighted by atomic mass is 16.5. The fourth-order valence-electron chi connectivity index (χ4n) is 8.60. The summed E-state index contributed by atoms with van der Waals surface area (Å²) in [5.41, 5.74) is 0. The molecule has 3 N–H and O–H groups in total. The Morgan fingerprint density at radius 2 is 0.800 bits per heavy atom. The molecule has 3 unspecified atom stereocenters. The monoisotopic (exact) mass is 912 g/mol. The van der Waals surface area contributed by atoms with E-state index < -0.39 is 18.2 Å². The molecular formula is C59H109NO5. The van der Waals surface area contributed by atoms with E-state index in [-0.39, 0.29) is 24.9 Å². The van der Waals surface area contributed by atoms with Crippen molar-refractivity contribution >= 4 is 11.9 Å². The van der Waals surface area contributed by atoms with Crippen molar-refractivity contribution in [1.82, 2.24) is 5.32 Å². The summed E-state index contributed by atoms with van der Waals surface area (Å²) in [6.45, 7) is 6.47. The molecule has 0 aromatic heterocycles. The molecule has 0 rings (SSSR count). The average molecular weight is 913 g/mol. The number of nitrogens with one attached hydrogen (secondary N) is 1. The molecule has 0 radical (unpaired) electrons. The van der Waals surface area contributed by atoms with E-state index in [0.29, 0.717) is 19.3 Å². The first-order valence-electron chi connectivity index (χ1n) is 28.4. The van der Waals surface area contributed by atoms with Crippen LogP contribution in [0.4, 0.5) is 0 Å². The van der Waals surface area contributed by atoms with Crippen molar-refractivity contribution in [2.24, 2.45) is 0 Å². The van der Waals surface area contributed by atoms with Gasteiger partial charge in [0.2, 0.25) is 5.91 Å². The summed E-state index contributed by atoms with van der Waals surface area (Å²) in [5.74, 6) is -0.496. The Bertz CT molecular complexity index is 1110. The highest BCUT2D eigenvalue weighted by Crippen LogP contribution is 2.18. The lowest BCUT2D eigenvalue weighted by molar-refractivity contribution is -0.151. The number of aliphatic hydroxyl groups is 2. The van der Waals surface area contributed by atoms with E-state index in [4.69, 9.17) is 4.74 Å². The van der Waals surface area contributed by atoms with Crippen LogP contribution in [0.25, 0.3) is 0 Å². The molecule has 0 aromatic rings. The molecule has 0 bridgehead atoms. The van der Waals surface area contributed by atoms with Gasteiger partial charge in [-0.3, -0.25) is 9.59 Å². The van der Waals surface area contributed by atoms with Gasteiger partial charge in [-0.15, -0.1) is 0 Å². The zero-order chi connectivity index (χ0) is 47.4. The molecule has 6 heteroatoms. The van der Waals surface area contributed by atoms with Crippen LogP contribution < -0.4 is 5.32 Å². The minimum atomic E-state index is -0.794. The average Bonchev–Trinajstić information content (AvgIpc) is 3.30. The fourth-order valence-corrected chi connectivity index (χ4v) is 8.60. The van der Waals surface area contributed by atoms with Crippen LogP contribution in [0.3, 0.4) is 0 Å². The van der Waals surface area contributed by atoms with Crippen molar-refractivity contribution in [3.8, 4) is 0 Å². The largest absolute Gasteiger partial charge is 0.462 e. The molecule has 6 nitrogen and oxygen atoms in total. The summed E-state index contributed by atoms with van der Waals surface area (Å²) >= 11 is 0. The molecule has 0 aliphatic carbocycles. The van der Waals surface area contributed by atoms with Crippen LogP contribution in [-0.4, -0.2) is 46.9 Å². The van der Waals surface area contributed by atoms with Gasteiger partial charge in [0.25, 0.3) is 0 Å². The number of amides is 1. The number of hydrogen-bond acceptors (Lipinski definition) is 5. The van der Waals surface area contributed by atoms with Crippen LogP contribution in [0, 0.1) is 0 Å². The summed E-state index contributed by atoms with van der Waals surface area (Å²) in [7, 11) is 0. The molecule has 0 saturated carbocycles. The third-order valence-corrected chi connectivity index (χ3v) is 12.9. The van der Waals surface area contributed by atoms with E-state index >= 15 is 0 Å². The first-order valence-corrected chi connectivity index (χ1v) is 28.4. The number of allylic oxidation sites excluding steroid dienone is 8. The summed E-state index contributed by atoms with van der Waals surface area (Å²) in [6, 6.07) is -0.709. The van der Waals surface area contributed by atoms with E-state index in [2.05, 4.69) is 74.7 Å². The van der Waals surface area contributed by atoms with Gasteiger partial charge in [0.15, 0.2) is 0 Å². The van der Waals surface area contributed by atoms with Crippen molar-refractivity contribution in [1.29, 1.82) is 0 Å². The van der Waals surface area contributed by atoms with Gasteiger partial charge in [-0.1, -0.05) is 249 Å². The van der Waals surface area contributed by atoms with Gasteiger partial charge in [0.1, 0.15) is 6.10 Å². The highest BCUT2D eigenvalue weighted by Gasteiger charge is 2.24. The van der Waals surface area contributed by atoms with Crippen LogP contribution >= 0.6 is 0 Å². The van der Waals surface area contributed by atoms with Gasteiger partial charge in [-0.2, -0.15) is 0 Å². The second-order valence-corrected chi connectivity index (χ2v) is 19.4. The lowest BCUT2D eigenvalue weighted by Gasteiger charge is -2.24. The van der Waals surface area contributed by atoms with Gasteiger partial charge in [0, 0.05) is 6.42 Å². The second-order valence-electron chi connectivity index (χ2n) is 19.4. The topological polar surface area (TPSA) is 95.9 Å². The van der Waals surface area contributed by atoms with Crippen LogP contribution in [0.5, 0.6) is 0 Å². The summed E-state index contributed by atoms with van der Waals surface area (Å²) < 4.78 is 5.94. The van der Waals surface area contributed by atoms with Crippen molar-refractivity contribution in [3.05, 3.63) is 48.6 Å². The number of carbonyl (C=O) groups excluding carboxylic acids is 2. The van der Waals surface area contributed by atoms with E-state index in [1.807, 2.05) is 0 Å². The molecule has 0 fully saturated rings. The molecular weight excluding hydrogens is 803 g/mol. The van der Waals surface area contributed by atoms with Crippen molar-refractivity contribution in [3.63, 3.8) is 0 Å². The minimum absolute atomic E-state index is 0.0646. The number of aliphatic hydroxyl groups excluding tert-OH is 2. The molecule has 0 aliphatic rings. The third-order valence-electron chi connectivity index (χ3n) is 12.9. The first-order chi connectivity index (χ1) is 32.0. The maximum absolute atomic E-state index is 13.2. The quantitative estimate of drug-likeness (QED) is 0.0245. The third kappa shape index (κ3) is 48.1. The van der Waals surface area contributed by atoms with Gasteiger partial charge < -0.3 is 20.3 Å². The Kier molecular flexibility index (Phi) is 51.0. The van der Waals surface area contributed by atoms with E-state index in [1.165, 1.54) is 161 Å². The lowest BCUT2D eigenvalue weighted by atomic mass is 10.0. The number of rotatable bonds is 51. The number of ether oxygens (including phenoxy) is 1. The molecule has 0 aromatic carbocycles. The summed E-state index contributed by atoms with van der Waals surface area (Å²) in [5, 5.41) is 23.9. The molecule has 65 heavy (non-hydrogen) atoms. The zero-order valence-corrected chi connectivity index (χ0v) is 43.4. The maximum atomic E-state index is 13.2. The minimum Gasteiger partial charge on any atom is -0.462 e. The number of carbonyl (C=O) groups is 2. The van der Waals surface area contributed by atoms with Crippen LogP contribution in [0.1, 0.15) is 290 Å². The maximum Gasteiger partial charge on any atom is 0.306 e. The summed E-state index contributed by atoms with van der Waals surface area (Å²) in [4.78, 5) is 26.2. The number of esters is 1. The molecule has 380 valence electrons. The van der Waals surface area contributed by atoms with Gasteiger partial charge in [0.05, 0.1) is 25.2 Å². The Balaban J connectivity index is 4.57. The van der Waals surface area contributed by atoms with Crippen LogP contribution in [0.2, 0.25) is 0 Å². The fraction of sp³-hybridized carbons (Fsp3) is 0.831.